The molecule has 0 amide bonds. The van der Waals surface area contributed by atoms with E-state index in [1.807, 2.05) is 16.7 Å². The van der Waals surface area contributed by atoms with Crippen LogP contribution in [-0.2, 0) is 16.8 Å². The number of pyridine rings is 1. The van der Waals surface area contributed by atoms with Crippen molar-refractivity contribution in [3.63, 3.8) is 0 Å². The molecule has 1 saturated heterocycles. The minimum atomic E-state index is -0.319. The molecule has 3 atom stereocenters. The molecule has 7 nitrogen and oxygen atoms in total. The monoisotopic (exact) mass is 443 g/mol. The van der Waals surface area contributed by atoms with Crippen molar-refractivity contribution < 1.29 is 13.9 Å². The first-order chi connectivity index (χ1) is 15.0. The Morgan fingerprint density at radius 3 is 2.74 bits per heavy atom. The van der Waals surface area contributed by atoms with Crippen LogP contribution in [0.1, 0.15) is 18.3 Å². The number of hydrogen-bond donors (Lipinski definition) is 0. The quantitative estimate of drug-likeness (QED) is 0.579. The van der Waals surface area contributed by atoms with Crippen LogP contribution in [0.2, 0.25) is 5.02 Å². The summed E-state index contributed by atoms with van der Waals surface area (Å²) in [6.45, 7) is 4.11. The highest BCUT2D eigenvalue weighted by Gasteiger charge is 2.68. The number of hydrogen-bond acceptors (Lipinski definition) is 6. The molecule has 9 heteroatoms. The lowest BCUT2D eigenvalue weighted by Gasteiger charge is -2.25. The normalized spacial score (nSPS) is 24.4. The van der Waals surface area contributed by atoms with Gasteiger partial charge in [0.15, 0.2) is 5.82 Å². The zero-order chi connectivity index (χ0) is 21.8. The Labute approximate surface area is 184 Å². The number of ether oxygens (including phenoxy) is 2. The van der Waals surface area contributed by atoms with Gasteiger partial charge < -0.3 is 14.4 Å². The van der Waals surface area contributed by atoms with E-state index in [0.717, 1.165) is 30.3 Å². The highest BCUT2D eigenvalue weighted by Crippen LogP contribution is 2.65. The molecule has 0 bridgehead atoms. The fourth-order valence-corrected chi connectivity index (χ4v) is 5.44. The minimum Gasteiger partial charge on any atom is -0.481 e. The number of piperidine rings is 1. The average Bonchev–Trinajstić information content (AvgIpc) is 3.11. The van der Waals surface area contributed by atoms with Crippen LogP contribution in [0.25, 0.3) is 5.69 Å². The van der Waals surface area contributed by atoms with Gasteiger partial charge in [-0.25, -0.2) is 9.37 Å². The fraction of sp³-hybridized carbons (Fsp3) is 0.409. The molecule has 5 rings (SSSR count). The van der Waals surface area contributed by atoms with Crippen molar-refractivity contribution in [1.29, 1.82) is 0 Å². The number of methoxy groups -OCH3 is 2. The van der Waals surface area contributed by atoms with Gasteiger partial charge in [0.1, 0.15) is 12.4 Å². The Hall–Kier alpha value is -2.71. The number of aromatic nitrogens is 4. The van der Waals surface area contributed by atoms with Crippen LogP contribution in [-0.4, -0.2) is 47.1 Å². The summed E-state index contributed by atoms with van der Waals surface area (Å²) in [7, 11) is 3.21. The molecule has 1 aliphatic carbocycles. The van der Waals surface area contributed by atoms with Gasteiger partial charge in [0.2, 0.25) is 11.8 Å². The van der Waals surface area contributed by atoms with Gasteiger partial charge in [0, 0.05) is 36.7 Å². The molecule has 0 N–H and O–H groups in total. The van der Waals surface area contributed by atoms with Crippen LogP contribution in [0.15, 0.2) is 36.5 Å². The lowest BCUT2D eigenvalue weighted by Crippen LogP contribution is -2.31. The van der Waals surface area contributed by atoms with Gasteiger partial charge in [0.05, 0.1) is 19.0 Å². The van der Waals surface area contributed by atoms with Gasteiger partial charge in [-0.3, -0.25) is 4.57 Å². The van der Waals surface area contributed by atoms with Crippen LogP contribution >= 0.6 is 11.6 Å². The Morgan fingerprint density at radius 2 is 2.06 bits per heavy atom. The first-order valence-electron chi connectivity index (χ1n) is 10.1. The Kier molecular flexibility index (Phi) is 4.86. The first-order valence-corrected chi connectivity index (χ1v) is 10.5. The smallest absolute Gasteiger partial charge is 0.232 e. The lowest BCUT2D eigenvalue weighted by molar-refractivity contribution is 0.176. The Bertz CT molecular complexity index is 1120. The molecule has 1 saturated carbocycles. The van der Waals surface area contributed by atoms with E-state index in [-0.39, 0.29) is 11.2 Å². The molecule has 2 fully saturated rings. The summed E-state index contributed by atoms with van der Waals surface area (Å²) in [5, 5.41) is 9.33. The summed E-state index contributed by atoms with van der Waals surface area (Å²) >= 11 is 6.46. The molecule has 0 unspecified atom stereocenters. The standard InChI is InChI=1S/C22H23ClFN5O2/c1-13-17-10-28(12-22(13,17)16-6-4-14(24)8-18(16)23)21-27-26-19(11-30-2)29(21)15-5-7-20(31-3)25-9-15/h4-9,13,17H,10-12H2,1-3H3/t13-,17+,22-/m1/s1. The fourth-order valence-electron chi connectivity index (χ4n) is 5.10. The van der Waals surface area contributed by atoms with E-state index in [2.05, 4.69) is 27.0 Å². The molecule has 162 valence electrons. The molecule has 3 heterocycles. The summed E-state index contributed by atoms with van der Waals surface area (Å²) in [6, 6.07) is 8.44. The van der Waals surface area contributed by atoms with Gasteiger partial charge in [-0.15, -0.1) is 10.2 Å². The van der Waals surface area contributed by atoms with Crippen LogP contribution in [0.5, 0.6) is 5.88 Å². The molecule has 3 aromatic rings. The molecular weight excluding hydrogens is 421 g/mol. The molecule has 2 aromatic heterocycles. The molecule has 2 aliphatic rings. The molecule has 0 radical (unpaired) electrons. The second-order valence-corrected chi connectivity index (χ2v) is 8.59. The first kappa shape index (κ1) is 20.2. The summed E-state index contributed by atoms with van der Waals surface area (Å²) < 4.78 is 26.1. The molecule has 1 aliphatic heterocycles. The van der Waals surface area contributed by atoms with Crippen LogP contribution in [0.4, 0.5) is 10.3 Å². The minimum absolute atomic E-state index is 0.110. The predicted molar refractivity (Wildman–Crippen MR) is 114 cm³/mol. The van der Waals surface area contributed by atoms with Crippen molar-refractivity contribution in [3.05, 3.63) is 58.8 Å². The van der Waals surface area contributed by atoms with Crippen LogP contribution < -0.4 is 9.64 Å². The number of benzene rings is 1. The van der Waals surface area contributed by atoms with E-state index < -0.39 is 0 Å². The van der Waals surface area contributed by atoms with E-state index in [1.54, 1.807) is 26.5 Å². The maximum Gasteiger partial charge on any atom is 0.232 e. The number of halogens is 2. The van der Waals surface area contributed by atoms with E-state index in [4.69, 9.17) is 21.1 Å². The second kappa shape index (κ2) is 7.46. The van der Waals surface area contributed by atoms with Crippen LogP contribution in [0, 0.1) is 17.7 Å². The van der Waals surface area contributed by atoms with Crippen molar-refractivity contribution in [2.45, 2.75) is 18.9 Å². The van der Waals surface area contributed by atoms with Gasteiger partial charge in [-0.2, -0.15) is 0 Å². The molecule has 1 aromatic carbocycles. The van der Waals surface area contributed by atoms with Crippen molar-refractivity contribution in [2.75, 3.05) is 32.2 Å². The zero-order valence-corrected chi connectivity index (χ0v) is 18.3. The summed E-state index contributed by atoms with van der Waals surface area (Å²) in [6.07, 6.45) is 1.73. The topological polar surface area (TPSA) is 65.3 Å². The average molecular weight is 444 g/mol. The van der Waals surface area contributed by atoms with E-state index in [1.165, 1.54) is 12.1 Å². The summed E-state index contributed by atoms with van der Waals surface area (Å²) in [5.41, 5.74) is 1.72. The maximum atomic E-state index is 13.6. The SMILES string of the molecule is COCc1nnc(N2C[C@H]3[C@@H](C)[C@@]3(c3ccc(F)cc3Cl)C2)n1-c1ccc(OC)nc1. The highest BCUT2D eigenvalue weighted by atomic mass is 35.5. The number of anilines is 1. The molecule has 0 spiro atoms. The molecule has 31 heavy (non-hydrogen) atoms. The number of fused-ring (bicyclic) bond motifs is 1. The largest absolute Gasteiger partial charge is 0.481 e. The Morgan fingerprint density at radius 1 is 1.23 bits per heavy atom. The maximum absolute atomic E-state index is 13.6. The third-order valence-corrected chi connectivity index (χ3v) is 7.04. The van der Waals surface area contributed by atoms with Gasteiger partial charge >= 0.3 is 0 Å². The summed E-state index contributed by atoms with van der Waals surface area (Å²) in [5.74, 6) is 2.52. The highest BCUT2D eigenvalue weighted by molar-refractivity contribution is 6.31. The van der Waals surface area contributed by atoms with Crippen molar-refractivity contribution in [3.8, 4) is 11.6 Å². The zero-order valence-electron chi connectivity index (χ0n) is 17.5. The molecular formula is C22H23ClFN5O2. The van der Waals surface area contributed by atoms with Gasteiger partial charge in [0.25, 0.3) is 0 Å². The number of rotatable bonds is 6. The van der Waals surface area contributed by atoms with Crippen molar-refractivity contribution in [2.24, 2.45) is 11.8 Å². The van der Waals surface area contributed by atoms with Crippen LogP contribution in [0.3, 0.4) is 0 Å². The number of nitrogens with zero attached hydrogens (tertiary/aromatic N) is 5. The predicted octanol–water partition coefficient (Wildman–Crippen LogP) is 3.63. The third-order valence-electron chi connectivity index (χ3n) is 6.73. The van der Waals surface area contributed by atoms with Gasteiger partial charge in [-0.05, 0) is 35.6 Å². The van der Waals surface area contributed by atoms with E-state index in [9.17, 15) is 4.39 Å². The van der Waals surface area contributed by atoms with E-state index in [0.29, 0.717) is 35.2 Å². The Balaban J connectivity index is 1.52. The summed E-state index contributed by atoms with van der Waals surface area (Å²) in [4.78, 5) is 6.55. The van der Waals surface area contributed by atoms with E-state index >= 15 is 0 Å². The lowest BCUT2D eigenvalue weighted by atomic mass is 9.93. The second-order valence-electron chi connectivity index (χ2n) is 8.18. The van der Waals surface area contributed by atoms with Crippen molar-refractivity contribution in [1.82, 2.24) is 19.7 Å². The van der Waals surface area contributed by atoms with Gasteiger partial charge in [-0.1, -0.05) is 24.6 Å². The third kappa shape index (κ3) is 3.08. The van der Waals surface area contributed by atoms with Crippen molar-refractivity contribution >= 4 is 17.5 Å².